The fraction of sp³-hybridized carbons (Fsp3) is 0.750. The first kappa shape index (κ1) is 10.9. The van der Waals surface area contributed by atoms with Crippen LogP contribution in [0.4, 0.5) is 8.78 Å². The fourth-order valence-corrected chi connectivity index (χ4v) is 1.68. The topological polar surface area (TPSA) is 66.4 Å². The van der Waals surface area contributed by atoms with Crippen molar-refractivity contribution >= 4 is 11.9 Å². The first-order valence-corrected chi connectivity index (χ1v) is 4.18. The molecule has 1 aliphatic rings. The summed E-state index contributed by atoms with van der Waals surface area (Å²) in [5.41, 5.74) is -1.47. The number of hydrogen-bond donors (Lipinski definition) is 2. The molecule has 0 unspecified atom stereocenters. The number of carboxylic acids is 1. The summed E-state index contributed by atoms with van der Waals surface area (Å²) < 4.78 is 24.2. The third-order valence-electron chi connectivity index (χ3n) is 2.40. The van der Waals surface area contributed by atoms with Gasteiger partial charge in [-0.05, 0) is 12.8 Å². The molecule has 0 bridgehead atoms. The number of alkyl halides is 2. The van der Waals surface area contributed by atoms with Crippen LogP contribution in [-0.2, 0) is 9.59 Å². The Hall–Kier alpha value is -1.20. The standard InChI is InChI=1S/C8H11F2NO3/c1-4(12)11-8(7(13)14)2-5(3-8)6(9)10/h5-6H,2-3H2,1H3,(H,11,12)(H,13,14). The van der Waals surface area contributed by atoms with Gasteiger partial charge in [0.2, 0.25) is 12.3 Å². The quantitative estimate of drug-likeness (QED) is 0.713. The van der Waals surface area contributed by atoms with E-state index in [1.807, 2.05) is 0 Å². The van der Waals surface area contributed by atoms with E-state index in [2.05, 4.69) is 5.32 Å². The largest absolute Gasteiger partial charge is 0.480 e. The molecule has 0 spiro atoms. The number of carbonyl (C=O) groups is 2. The summed E-state index contributed by atoms with van der Waals surface area (Å²) in [6, 6.07) is 0. The second-order valence-corrected chi connectivity index (χ2v) is 3.57. The molecule has 0 heterocycles. The van der Waals surface area contributed by atoms with E-state index < -0.39 is 29.8 Å². The molecule has 0 radical (unpaired) electrons. The van der Waals surface area contributed by atoms with E-state index in [9.17, 15) is 18.4 Å². The SMILES string of the molecule is CC(=O)NC1(C(=O)O)CC(C(F)F)C1. The number of carboxylic acid groups (broad SMARTS) is 1. The summed E-state index contributed by atoms with van der Waals surface area (Å²) in [5, 5.41) is 11.0. The number of rotatable bonds is 3. The Morgan fingerprint density at radius 2 is 2.00 bits per heavy atom. The van der Waals surface area contributed by atoms with Gasteiger partial charge in [0.05, 0.1) is 0 Å². The molecule has 0 atom stereocenters. The fourth-order valence-electron chi connectivity index (χ4n) is 1.68. The lowest BCUT2D eigenvalue weighted by atomic mass is 9.68. The zero-order chi connectivity index (χ0) is 10.9. The van der Waals surface area contributed by atoms with Gasteiger partial charge in [0, 0.05) is 12.8 Å². The molecule has 0 saturated heterocycles. The van der Waals surface area contributed by atoms with Crippen LogP contribution in [0.1, 0.15) is 19.8 Å². The van der Waals surface area contributed by atoms with Crippen LogP contribution in [0.25, 0.3) is 0 Å². The Balaban J connectivity index is 2.62. The van der Waals surface area contributed by atoms with Crippen molar-refractivity contribution < 1.29 is 23.5 Å². The third-order valence-corrected chi connectivity index (χ3v) is 2.40. The van der Waals surface area contributed by atoms with Crippen LogP contribution < -0.4 is 5.32 Å². The lowest BCUT2D eigenvalue weighted by Crippen LogP contribution is -2.63. The van der Waals surface area contributed by atoms with Crippen molar-refractivity contribution in [1.82, 2.24) is 5.32 Å². The minimum absolute atomic E-state index is 0.195. The van der Waals surface area contributed by atoms with Crippen molar-refractivity contribution in [3.63, 3.8) is 0 Å². The molecule has 1 aliphatic carbocycles. The Labute approximate surface area is 79.3 Å². The van der Waals surface area contributed by atoms with Gasteiger partial charge in [-0.3, -0.25) is 4.79 Å². The predicted octanol–water partition coefficient (Wildman–Crippen LogP) is 0.621. The monoisotopic (exact) mass is 207 g/mol. The highest BCUT2D eigenvalue weighted by atomic mass is 19.3. The Bertz CT molecular complexity index is 261. The Morgan fingerprint density at radius 1 is 1.50 bits per heavy atom. The van der Waals surface area contributed by atoms with E-state index in [1.54, 1.807) is 0 Å². The molecule has 0 aliphatic heterocycles. The molecule has 6 heteroatoms. The average molecular weight is 207 g/mol. The van der Waals surface area contributed by atoms with E-state index >= 15 is 0 Å². The van der Waals surface area contributed by atoms with Gasteiger partial charge in [-0.2, -0.15) is 0 Å². The summed E-state index contributed by atoms with van der Waals surface area (Å²) in [6.07, 6.45) is -2.91. The minimum Gasteiger partial charge on any atom is -0.480 e. The van der Waals surface area contributed by atoms with Crippen molar-refractivity contribution in [3.8, 4) is 0 Å². The summed E-state index contributed by atoms with van der Waals surface area (Å²) in [5.74, 6) is -2.68. The number of hydrogen-bond acceptors (Lipinski definition) is 2. The van der Waals surface area contributed by atoms with Gasteiger partial charge in [0.1, 0.15) is 5.54 Å². The van der Waals surface area contributed by atoms with Gasteiger partial charge >= 0.3 is 5.97 Å². The van der Waals surface area contributed by atoms with Crippen molar-refractivity contribution in [2.75, 3.05) is 0 Å². The molecule has 2 N–H and O–H groups in total. The van der Waals surface area contributed by atoms with Crippen LogP contribution in [0.2, 0.25) is 0 Å². The van der Waals surface area contributed by atoms with Crippen LogP contribution in [0.5, 0.6) is 0 Å². The third kappa shape index (κ3) is 1.83. The number of nitrogens with one attached hydrogen (secondary N) is 1. The van der Waals surface area contributed by atoms with Crippen LogP contribution in [0.3, 0.4) is 0 Å². The molecule has 14 heavy (non-hydrogen) atoms. The maximum absolute atomic E-state index is 12.1. The molecule has 80 valence electrons. The first-order valence-electron chi connectivity index (χ1n) is 4.18. The average Bonchev–Trinajstić information content (AvgIpc) is 1.93. The molecular formula is C8H11F2NO3. The van der Waals surface area contributed by atoms with E-state index in [-0.39, 0.29) is 12.8 Å². The Kier molecular flexibility index (Phi) is 2.73. The predicted molar refractivity (Wildman–Crippen MR) is 42.9 cm³/mol. The second kappa shape index (κ2) is 3.51. The maximum Gasteiger partial charge on any atom is 0.329 e. The number of amides is 1. The first-order chi connectivity index (χ1) is 6.37. The number of halogens is 2. The smallest absolute Gasteiger partial charge is 0.329 e. The van der Waals surface area contributed by atoms with E-state index in [1.165, 1.54) is 6.92 Å². The van der Waals surface area contributed by atoms with Gasteiger partial charge in [-0.1, -0.05) is 0 Å². The van der Waals surface area contributed by atoms with Crippen LogP contribution in [0.15, 0.2) is 0 Å². The van der Waals surface area contributed by atoms with Gasteiger partial charge in [0.15, 0.2) is 0 Å². The molecule has 0 aromatic carbocycles. The van der Waals surface area contributed by atoms with Crippen LogP contribution in [-0.4, -0.2) is 28.9 Å². The summed E-state index contributed by atoms with van der Waals surface area (Å²) in [7, 11) is 0. The van der Waals surface area contributed by atoms with Crippen LogP contribution >= 0.6 is 0 Å². The van der Waals surface area contributed by atoms with Crippen molar-refractivity contribution in [2.45, 2.75) is 31.7 Å². The minimum atomic E-state index is -2.52. The van der Waals surface area contributed by atoms with Gasteiger partial charge in [0.25, 0.3) is 0 Å². The second-order valence-electron chi connectivity index (χ2n) is 3.57. The summed E-state index contributed by atoms with van der Waals surface area (Å²) >= 11 is 0. The maximum atomic E-state index is 12.1. The summed E-state index contributed by atoms with van der Waals surface area (Å²) in [4.78, 5) is 21.4. The van der Waals surface area contributed by atoms with Crippen molar-refractivity contribution in [1.29, 1.82) is 0 Å². The molecular weight excluding hydrogens is 196 g/mol. The Morgan fingerprint density at radius 3 is 2.29 bits per heavy atom. The van der Waals surface area contributed by atoms with Crippen molar-refractivity contribution in [3.05, 3.63) is 0 Å². The van der Waals surface area contributed by atoms with E-state index in [4.69, 9.17) is 5.11 Å². The molecule has 1 rings (SSSR count). The van der Waals surface area contributed by atoms with Crippen molar-refractivity contribution in [2.24, 2.45) is 5.92 Å². The van der Waals surface area contributed by atoms with Crippen LogP contribution in [0, 0.1) is 5.92 Å². The molecule has 4 nitrogen and oxygen atoms in total. The highest BCUT2D eigenvalue weighted by molar-refractivity contribution is 5.87. The lowest BCUT2D eigenvalue weighted by Gasteiger charge is -2.44. The van der Waals surface area contributed by atoms with E-state index in [0.29, 0.717) is 0 Å². The zero-order valence-electron chi connectivity index (χ0n) is 7.59. The van der Waals surface area contributed by atoms with Gasteiger partial charge < -0.3 is 10.4 Å². The molecule has 0 aromatic heterocycles. The van der Waals surface area contributed by atoms with E-state index in [0.717, 1.165) is 0 Å². The highest BCUT2D eigenvalue weighted by Gasteiger charge is 2.54. The van der Waals surface area contributed by atoms with Gasteiger partial charge in [-0.15, -0.1) is 0 Å². The highest BCUT2D eigenvalue weighted by Crippen LogP contribution is 2.41. The summed E-state index contributed by atoms with van der Waals surface area (Å²) in [6.45, 7) is 1.17. The van der Waals surface area contributed by atoms with Gasteiger partial charge in [-0.25, -0.2) is 13.6 Å². The normalized spacial score (nSPS) is 31.0. The number of carbonyl (C=O) groups excluding carboxylic acids is 1. The number of aliphatic carboxylic acids is 1. The molecule has 1 saturated carbocycles. The zero-order valence-corrected chi connectivity index (χ0v) is 7.59. The molecule has 0 aromatic rings. The molecule has 1 fully saturated rings. The molecule has 1 amide bonds. The lowest BCUT2D eigenvalue weighted by molar-refractivity contribution is -0.157.